The fourth-order valence-corrected chi connectivity index (χ4v) is 2.53. The summed E-state index contributed by atoms with van der Waals surface area (Å²) in [6.07, 6.45) is 0. The number of fused-ring (bicyclic) bond motifs is 1. The quantitative estimate of drug-likeness (QED) is 0.491. The number of hydrogen-bond donors (Lipinski definition) is 2. The van der Waals surface area contributed by atoms with Crippen LogP contribution in [-0.2, 0) is 0 Å². The Balaban J connectivity index is 2.12. The predicted octanol–water partition coefficient (Wildman–Crippen LogP) is 4.99. The molecule has 0 amide bonds. The number of azo groups is 1. The second-order valence-corrected chi connectivity index (χ2v) is 5.74. The van der Waals surface area contributed by atoms with Crippen LogP contribution in [0.25, 0.3) is 10.8 Å². The fourth-order valence-electron chi connectivity index (χ4n) is 1.97. The van der Waals surface area contributed by atoms with E-state index in [0.29, 0.717) is 10.7 Å². The Hall–Kier alpha value is -1.92. The zero-order valence-electron chi connectivity index (χ0n) is 10.7. The first-order valence-electron chi connectivity index (χ1n) is 6.16. The summed E-state index contributed by atoms with van der Waals surface area (Å²) in [4.78, 5) is 14.7. The Morgan fingerprint density at radius 2 is 1.62 bits per heavy atom. The molecule has 4 nitrogen and oxygen atoms in total. The van der Waals surface area contributed by atoms with Gasteiger partial charge in [0.25, 0.3) is 5.56 Å². The monoisotopic (exact) mass is 359 g/mol. The lowest BCUT2D eigenvalue weighted by Gasteiger charge is -2.03. The first kappa shape index (κ1) is 14.0. The molecule has 1 N–H and O–H groups in total. The molecule has 3 rings (SSSR count). The van der Waals surface area contributed by atoms with Crippen LogP contribution >= 0.6 is 28.6 Å². The van der Waals surface area contributed by atoms with Crippen LogP contribution in [0, 0.1) is 0 Å². The van der Waals surface area contributed by atoms with Crippen molar-refractivity contribution in [2.24, 2.45) is 10.2 Å². The molecule has 0 aliphatic rings. The van der Waals surface area contributed by atoms with Crippen molar-refractivity contribution in [1.29, 1.82) is 0 Å². The zero-order valence-corrected chi connectivity index (χ0v) is 13.2. The number of rotatable bonds is 2. The summed E-state index contributed by atoms with van der Waals surface area (Å²) in [5.41, 5.74) is 0.655. The molecule has 0 saturated heterocycles. The van der Waals surface area contributed by atoms with Gasteiger partial charge in [0.1, 0.15) is 0 Å². The zero-order chi connectivity index (χ0) is 14.8. The van der Waals surface area contributed by atoms with Crippen molar-refractivity contribution in [2.75, 3.05) is 0 Å². The molecule has 104 valence electrons. The molecule has 0 saturated carbocycles. The Morgan fingerprint density at radius 1 is 0.952 bits per heavy atom. The second-order valence-electron chi connectivity index (χ2n) is 4.37. The van der Waals surface area contributed by atoms with Gasteiger partial charge in [0.15, 0.2) is 5.69 Å². The van der Waals surface area contributed by atoms with Crippen molar-refractivity contribution in [3.63, 3.8) is 0 Å². The highest BCUT2D eigenvalue weighted by molar-refractivity contribution is 9.10. The molecule has 3 aromatic rings. The summed E-state index contributed by atoms with van der Waals surface area (Å²) in [6, 6.07) is 14.8. The topological polar surface area (TPSA) is 57.6 Å². The average molecular weight is 360 g/mol. The molecule has 6 heteroatoms. The molecular formula is C15H10BrN3OS. The molecule has 1 aromatic heterocycles. The minimum absolute atomic E-state index is 0.284. The van der Waals surface area contributed by atoms with Crippen LogP contribution in [0.5, 0.6) is 0 Å². The fraction of sp³-hybridized carbons (Fsp3) is 0. The Labute approximate surface area is 134 Å². The highest BCUT2D eigenvalue weighted by atomic mass is 79.9. The second kappa shape index (κ2) is 5.83. The van der Waals surface area contributed by atoms with Gasteiger partial charge in [-0.15, -0.1) is 17.7 Å². The van der Waals surface area contributed by atoms with E-state index in [4.69, 9.17) is 0 Å². The van der Waals surface area contributed by atoms with Gasteiger partial charge in [-0.25, -0.2) is 0 Å². The number of thiol groups is 1. The average Bonchev–Trinajstić information content (AvgIpc) is 2.49. The van der Waals surface area contributed by atoms with E-state index in [1.807, 2.05) is 48.5 Å². The third-order valence-corrected chi connectivity index (χ3v) is 3.86. The minimum Gasteiger partial charge on any atom is -0.315 e. The first-order valence-corrected chi connectivity index (χ1v) is 7.40. The Morgan fingerprint density at radius 3 is 2.33 bits per heavy atom. The molecule has 0 unspecified atom stereocenters. The van der Waals surface area contributed by atoms with E-state index in [2.05, 4.69) is 43.8 Å². The van der Waals surface area contributed by atoms with E-state index >= 15 is 0 Å². The van der Waals surface area contributed by atoms with Gasteiger partial charge in [-0.05, 0) is 24.3 Å². The molecule has 0 aliphatic heterocycles. The number of benzene rings is 2. The van der Waals surface area contributed by atoms with Gasteiger partial charge >= 0.3 is 0 Å². The summed E-state index contributed by atoms with van der Waals surface area (Å²) >= 11 is 7.64. The molecule has 0 aliphatic carbocycles. The number of nitrogens with one attached hydrogen (secondary N) is 1. The maximum atomic E-state index is 12.1. The maximum absolute atomic E-state index is 12.1. The Bertz CT molecular complexity index is 888. The smallest absolute Gasteiger partial charge is 0.277 e. The van der Waals surface area contributed by atoms with E-state index < -0.39 is 0 Å². The SMILES string of the molecule is O=c1[nH]c(S)c2ccccc2c1N=Nc1ccc(Br)cc1. The summed E-state index contributed by atoms with van der Waals surface area (Å²) in [5.74, 6) is 0. The molecule has 1 heterocycles. The third-order valence-electron chi connectivity index (χ3n) is 2.98. The minimum atomic E-state index is -0.306. The molecular weight excluding hydrogens is 350 g/mol. The van der Waals surface area contributed by atoms with Gasteiger partial charge in [-0.3, -0.25) is 4.79 Å². The van der Waals surface area contributed by atoms with Crippen molar-refractivity contribution >= 4 is 50.7 Å². The number of hydrogen-bond acceptors (Lipinski definition) is 4. The molecule has 0 spiro atoms. The molecule has 0 fully saturated rings. The number of nitrogens with zero attached hydrogens (tertiary/aromatic N) is 2. The van der Waals surface area contributed by atoms with Crippen LogP contribution in [0.1, 0.15) is 0 Å². The summed E-state index contributed by atoms with van der Waals surface area (Å²) in [5, 5.41) is 10.3. The van der Waals surface area contributed by atoms with Gasteiger partial charge in [-0.2, -0.15) is 5.11 Å². The Kier molecular flexibility index (Phi) is 3.90. The largest absolute Gasteiger partial charge is 0.315 e. The lowest BCUT2D eigenvalue weighted by molar-refractivity contribution is 1.09. The van der Waals surface area contributed by atoms with Gasteiger partial charge in [0.2, 0.25) is 0 Å². The van der Waals surface area contributed by atoms with Gasteiger partial charge in [0.05, 0.1) is 10.7 Å². The van der Waals surface area contributed by atoms with Crippen molar-refractivity contribution in [3.8, 4) is 0 Å². The third kappa shape index (κ3) is 2.91. The van der Waals surface area contributed by atoms with Crippen LogP contribution < -0.4 is 5.56 Å². The van der Waals surface area contributed by atoms with Crippen molar-refractivity contribution in [1.82, 2.24) is 4.98 Å². The van der Waals surface area contributed by atoms with Crippen molar-refractivity contribution < 1.29 is 0 Å². The maximum Gasteiger partial charge on any atom is 0.277 e. The van der Waals surface area contributed by atoms with Crippen LogP contribution in [0.15, 0.2) is 73.1 Å². The van der Waals surface area contributed by atoms with Crippen LogP contribution in [0.4, 0.5) is 11.4 Å². The lowest BCUT2D eigenvalue weighted by atomic mass is 10.1. The predicted molar refractivity (Wildman–Crippen MR) is 90.1 cm³/mol. The van der Waals surface area contributed by atoms with Crippen molar-refractivity contribution in [3.05, 3.63) is 63.4 Å². The van der Waals surface area contributed by atoms with E-state index in [9.17, 15) is 4.79 Å². The number of pyridine rings is 1. The number of aromatic amines is 1. The number of aromatic nitrogens is 1. The first-order chi connectivity index (χ1) is 10.1. The lowest BCUT2D eigenvalue weighted by Crippen LogP contribution is -2.05. The van der Waals surface area contributed by atoms with Gasteiger partial charge in [-0.1, -0.05) is 40.2 Å². The van der Waals surface area contributed by atoms with Crippen LogP contribution in [-0.4, -0.2) is 4.98 Å². The van der Waals surface area contributed by atoms with Crippen LogP contribution in [0.2, 0.25) is 0 Å². The van der Waals surface area contributed by atoms with E-state index in [-0.39, 0.29) is 11.2 Å². The summed E-state index contributed by atoms with van der Waals surface area (Å²) in [7, 11) is 0. The number of halogens is 1. The van der Waals surface area contributed by atoms with E-state index in [1.54, 1.807) is 0 Å². The van der Waals surface area contributed by atoms with E-state index in [1.165, 1.54) is 0 Å². The molecule has 21 heavy (non-hydrogen) atoms. The van der Waals surface area contributed by atoms with E-state index in [0.717, 1.165) is 15.2 Å². The normalized spacial score (nSPS) is 11.3. The summed E-state index contributed by atoms with van der Waals surface area (Å²) < 4.78 is 0.962. The summed E-state index contributed by atoms with van der Waals surface area (Å²) in [6.45, 7) is 0. The molecule has 0 radical (unpaired) electrons. The van der Waals surface area contributed by atoms with Gasteiger partial charge in [0, 0.05) is 15.2 Å². The van der Waals surface area contributed by atoms with Crippen LogP contribution in [0.3, 0.4) is 0 Å². The standard InChI is InChI=1S/C15H10BrN3OS/c16-9-5-7-10(8-6-9)18-19-13-11-3-1-2-4-12(11)15(21)17-14(13)20/h1-8H,(H2,17,20,21). The highest BCUT2D eigenvalue weighted by Crippen LogP contribution is 2.27. The molecule has 0 bridgehead atoms. The van der Waals surface area contributed by atoms with Crippen molar-refractivity contribution in [2.45, 2.75) is 5.03 Å². The molecule has 2 aromatic carbocycles. The van der Waals surface area contributed by atoms with Gasteiger partial charge < -0.3 is 4.98 Å². The highest BCUT2D eigenvalue weighted by Gasteiger charge is 2.08. The number of H-pyrrole nitrogens is 1. The molecule has 0 atom stereocenters.